The molecule has 0 saturated carbocycles. The van der Waals surface area contributed by atoms with Crippen LogP contribution in [0.1, 0.15) is 11.7 Å². The van der Waals surface area contributed by atoms with E-state index in [1.54, 1.807) is 4.98 Å². The molecule has 0 radical (unpaired) electrons. The first-order chi connectivity index (χ1) is 6.02. The fourth-order valence-corrected chi connectivity index (χ4v) is 0.741. The third-order valence-corrected chi connectivity index (χ3v) is 1.34. The highest BCUT2D eigenvalue weighted by Gasteiger charge is 2.21. The van der Waals surface area contributed by atoms with Crippen LogP contribution in [0.3, 0.4) is 0 Å². The first-order valence-corrected chi connectivity index (χ1v) is 3.21. The lowest BCUT2D eigenvalue weighted by molar-refractivity contribution is -0.143. The number of aliphatic carboxylic acids is 1. The van der Waals surface area contributed by atoms with Gasteiger partial charge in [0.15, 0.2) is 0 Å². The molecule has 1 atom stereocenters. The molecule has 70 valence electrons. The van der Waals surface area contributed by atoms with Crippen molar-refractivity contribution in [3.8, 4) is 0 Å². The monoisotopic (exact) mass is 188 g/mol. The van der Waals surface area contributed by atoms with Crippen LogP contribution in [0.2, 0.25) is 0 Å². The Hall–Kier alpha value is -1.92. The number of alkyl halides is 1. The van der Waals surface area contributed by atoms with Gasteiger partial charge in [0, 0.05) is 6.20 Å². The van der Waals surface area contributed by atoms with Crippen LogP contribution >= 0.6 is 0 Å². The van der Waals surface area contributed by atoms with E-state index in [0.717, 1.165) is 6.20 Å². The van der Waals surface area contributed by atoms with Crippen molar-refractivity contribution in [1.29, 1.82) is 0 Å². The summed E-state index contributed by atoms with van der Waals surface area (Å²) in [5.74, 6) is -1.78. The molecule has 0 bridgehead atoms. The van der Waals surface area contributed by atoms with Crippen LogP contribution in [0.5, 0.6) is 0 Å². The van der Waals surface area contributed by atoms with E-state index in [2.05, 4.69) is 0 Å². The molecular formula is C6H5FN2O4. The van der Waals surface area contributed by atoms with E-state index in [4.69, 9.17) is 5.11 Å². The van der Waals surface area contributed by atoms with Crippen LogP contribution in [0.4, 0.5) is 4.39 Å². The first-order valence-electron chi connectivity index (χ1n) is 3.21. The predicted octanol–water partition coefficient (Wildman–Crippen LogP) is -0.842. The van der Waals surface area contributed by atoms with Gasteiger partial charge in [0.2, 0.25) is 6.17 Å². The topological polar surface area (TPSA) is 103 Å². The zero-order valence-corrected chi connectivity index (χ0v) is 6.20. The first kappa shape index (κ1) is 9.17. The Morgan fingerprint density at radius 1 is 1.54 bits per heavy atom. The van der Waals surface area contributed by atoms with E-state index in [-0.39, 0.29) is 0 Å². The summed E-state index contributed by atoms with van der Waals surface area (Å²) < 4.78 is 12.7. The predicted molar refractivity (Wildman–Crippen MR) is 39.2 cm³/mol. The number of carboxylic acids is 1. The molecule has 0 amide bonds. The van der Waals surface area contributed by atoms with Gasteiger partial charge >= 0.3 is 11.7 Å². The second-order valence-corrected chi connectivity index (χ2v) is 2.23. The molecule has 1 rings (SSSR count). The average Bonchev–Trinajstić information content (AvgIpc) is 2.03. The molecule has 0 spiro atoms. The Kier molecular flexibility index (Phi) is 2.27. The molecule has 1 heterocycles. The lowest BCUT2D eigenvalue weighted by atomic mass is 10.2. The third kappa shape index (κ3) is 1.81. The summed E-state index contributed by atoms with van der Waals surface area (Å²) in [6.07, 6.45) is -1.69. The van der Waals surface area contributed by atoms with Crippen molar-refractivity contribution in [2.45, 2.75) is 6.17 Å². The SMILES string of the molecule is O=C(O)C(F)c1c[nH]c(=O)[nH]c1=O. The summed E-state index contributed by atoms with van der Waals surface area (Å²) in [4.78, 5) is 35.0. The second kappa shape index (κ2) is 3.21. The quantitative estimate of drug-likeness (QED) is 0.562. The van der Waals surface area contributed by atoms with Crippen molar-refractivity contribution in [2.75, 3.05) is 0 Å². The lowest BCUT2D eigenvalue weighted by Gasteiger charge is -1.99. The molecule has 0 fully saturated rings. The highest BCUT2D eigenvalue weighted by Crippen LogP contribution is 2.10. The zero-order valence-electron chi connectivity index (χ0n) is 6.20. The van der Waals surface area contributed by atoms with Crippen LogP contribution < -0.4 is 11.2 Å². The van der Waals surface area contributed by atoms with E-state index in [1.807, 2.05) is 4.98 Å². The molecule has 0 saturated heterocycles. The average molecular weight is 188 g/mol. The lowest BCUT2D eigenvalue weighted by Crippen LogP contribution is -2.27. The molecule has 0 aliphatic rings. The molecule has 7 heteroatoms. The maximum atomic E-state index is 12.7. The smallest absolute Gasteiger partial charge is 0.343 e. The zero-order chi connectivity index (χ0) is 10.0. The number of carboxylic acid groups (broad SMARTS) is 1. The fraction of sp³-hybridized carbons (Fsp3) is 0.167. The van der Waals surface area contributed by atoms with Crippen molar-refractivity contribution >= 4 is 5.97 Å². The van der Waals surface area contributed by atoms with Gasteiger partial charge in [0.1, 0.15) is 0 Å². The van der Waals surface area contributed by atoms with Crippen molar-refractivity contribution in [3.63, 3.8) is 0 Å². The molecule has 1 unspecified atom stereocenters. The van der Waals surface area contributed by atoms with E-state index < -0.39 is 29.0 Å². The van der Waals surface area contributed by atoms with E-state index >= 15 is 0 Å². The summed E-state index contributed by atoms with van der Waals surface area (Å²) in [6, 6.07) is 0. The molecule has 1 aromatic rings. The van der Waals surface area contributed by atoms with Gasteiger partial charge < -0.3 is 10.1 Å². The van der Waals surface area contributed by atoms with Gasteiger partial charge in [-0.2, -0.15) is 0 Å². The number of halogens is 1. The Balaban J connectivity index is 3.24. The Labute approximate surface area is 70.0 Å². The molecule has 0 aliphatic heterocycles. The van der Waals surface area contributed by atoms with Crippen LogP contribution in [0, 0.1) is 0 Å². The third-order valence-electron chi connectivity index (χ3n) is 1.34. The van der Waals surface area contributed by atoms with Gasteiger partial charge in [-0.15, -0.1) is 0 Å². The molecule has 0 aliphatic carbocycles. The number of nitrogens with one attached hydrogen (secondary N) is 2. The van der Waals surface area contributed by atoms with Gasteiger partial charge in [0.05, 0.1) is 5.56 Å². The number of aromatic amines is 2. The minimum Gasteiger partial charge on any atom is -0.479 e. The fourth-order valence-electron chi connectivity index (χ4n) is 0.741. The summed E-state index contributed by atoms with van der Waals surface area (Å²) >= 11 is 0. The minimum absolute atomic E-state index is 0.632. The maximum Gasteiger partial charge on any atom is 0.343 e. The molecule has 6 nitrogen and oxygen atoms in total. The number of hydrogen-bond acceptors (Lipinski definition) is 3. The standard InChI is InChI=1S/C6H5FN2O4/c7-3(5(11)12)2-1-8-6(13)9-4(2)10/h1,3H,(H,11,12)(H2,8,9,10,13). The summed E-state index contributed by atoms with van der Waals surface area (Å²) in [6.45, 7) is 0. The number of rotatable bonds is 2. The van der Waals surface area contributed by atoms with Crippen molar-refractivity contribution in [1.82, 2.24) is 9.97 Å². The van der Waals surface area contributed by atoms with Gasteiger partial charge in [-0.05, 0) is 0 Å². The van der Waals surface area contributed by atoms with E-state index in [9.17, 15) is 18.8 Å². The van der Waals surface area contributed by atoms with Crippen molar-refractivity contribution in [3.05, 3.63) is 32.6 Å². The Morgan fingerprint density at radius 2 is 2.15 bits per heavy atom. The minimum atomic E-state index is -2.43. The Morgan fingerprint density at radius 3 is 2.62 bits per heavy atom. The number of aromatic nitrogens is 2. The van der Waals surface area contributed by atoms with Gasteiger partial charge in [-0.3, -0.25) is 9.78 Å². The van der Waals surface area contributed by atoms with Crippen LogP contribution in [0.25, 0.3) is 0 Å². The van der Waals surface area contributed by atoms with E-state index in [0.29, 0.717) is 0 Å². The van der Waals surface area contributed by atoms with E-state index in [1.165, 1.54) is 0 Å². The number of hydrogen-bond donors (Lipinski definition) is 3. The molecular weight excluding hydrogens is 183 g/mol. The Bertz CT molecular complexity index is 435. The van der Waals surface area contributed by atoms with Crippen LogP contribution in [-0.4, -0.2) is 21.0 Å². The molecule has 3 N–H and O–H groups in total. The summed E-state index contributed by atoms with van der Waals surface area (Å²) in [5.41, 5.74) is -2.49. The van der Waals surface area contributed by atoms with Crippen molar-refractivity contribution < 1.29 is 14.3 Å². The largest absolute Gasteiger partial charge is 0.479 e. The van der Waals surface area contributed by atoms with Gasteiger partial charge in [0.25, 0.3) is 5.56 Å². The molecule has 13 heavy (non-hydrogen) atoms. The summed E-state index contributed by atoms with van der Waals surface area (Å²) in [5, 5.41) is 8.21. The van der Waals surface area contributed by atoms with Crippen molar-refractivity contribution in [2.24, 2.45) is 0 Å². The second-order valence-electron chi connectivity index (χ2n) is 2.23. The molecule has 1 aromatic heterocycles. The number of H-pyrrole nitrogens is 2. The maximum absolute atomic E-state index is 12.7. The van der Waals surface area contributed by atoms with Crippen LogP contribution in [0.15, 0.2) is 15.8 Å². The normalized spacial score (nSPS) is 12.4. The van der Waals surface area contributed by atoms with Crippen LogP contribution in [-0.2, 0) is 4.79 Å². The molecule has 0 aromatic carbocycles. The van der Waals surface area contributed by atoms with Gasteiger partial charge in [-0.1, -0.05) is 0 Å². The highest BCUT2D eigenvalue weighted by atomic mass is 19.1. The summed E-state index contributed by atoms with van der Waals surface area (Å²) in [7, 11) is 0. The van der Waals surface area contributed by atoms with Gasteiger partial charge in [-0.25, -0.2) is 14.0 Å². The number of carbonyl (C=O) groups is 1. The highest BCUT2D eigenvalue weighted by molar-refractivity contribution is 5.73.